The number of pyridine rings is 1. The number of halogens is 3. The number of amides is 1. The normalized spacial score (nSPS) is 15.6. The van der Waals surface area contributed by atoms with Crippen molar-refractivity contribution < 1.29 is 18.0 Å². The summed E-state index contributed by atoms with van der Waals surface area (Å²) < 4.78 is 43.0. The van der Waals surface area contributed by atoms with E-state index in [1.807, 2.05) is 13.1 Å². The predicted octanol–water partition coefficient (Wildman–Crippen LogP) is 4.32. The van der Waals surface area contributed by atoms with E-state index in [9.17, 15) is 23.2 Å². The van der Waals surface area contributed by atoms with Gasteiger partial charge < -0.3 is 14.8 Å². The number of nitrogens with zero attached hydrogens (tertiary/aromatic N) is 7. The fourth-order valence-electron chi connectivity index (χ4n) is 5.24. The Morgan fingerprint density at radius 3 is 2.52 bits per heavy atom. The van der Waals surface area contributed by atoms with Crippen molar-refractivity contribution in [3.05, 3.63) is 77.1 Å². The molecule has 0 spiro atoms. The number of aromatic nitrogens is 4. The summed E-state index contributed by atoms with van der Waals surface area (Å²) in [6.07, 6.45) is -3.03. The van der Waals surface area contributed by atoms with Gasteiger partial charge in [0.05, 0.1) is 29.8 Å². The van der Waals surface area contributed by atoms with Crippen molar-refractivity contribution in [3.63, 3.8) is 0 Å². The number of anilines is 2. The lowest BCUT2D eigenvalue weighted by Crippen LogP contribution is -2.52. The summed E-state index contributed by atoms with van der Waals surface area (Å²) in [7, 11) is 3.79. The highest BCUT2D eigenvalue weighted by Crippen LogP contribution is 2.40. The Balaban J connectivity index is 1.49. The SMILES string of the molecule is CN1CC(Nc2cc(-c3cc(C#N)ccc3-c3nncn3C)cc(N3Cc4c(cccc4C(F)(F)F)C3=O)n2)C1. The minimum Gasteiger partial charge on any atom is -0.365 e. The first-order valence-electron chi connectivity index (χ1n) is 12.5. The molecule has 1 saturated heterocycles. The molecule has 4 heterocycles. The van der Waals surface area contributed by atoms with Crippen LogP contribution in [0.1, 0.15) is 27.0 Å². The Morgan fingerprint density at radius 1 is 1.05 bits per heavy atom. The molecule has 2 aromatic carbocycles. The quantitative estimate of drug-likeness (QED) is 0.399. The van der Waals surface area contributed by atoms with E-state index in [1.165, 1.54) is 17.0 Å². The second kappa shape index (κ2) is 9.46. The molecule has 40 heavy (non-hydrogen) atoms. The van der Waals surface area contributed by atoms with Crippen molar-refractivity contribution in [1.29, 1.82) is 5.26 Å². The van der Waals surface area contributed by atoms with E-state index in [2.05, 4.69) is 31.5 Å². The molecule has 202 valence electrons. The maximum atomic E-state index is 13.8. The van der Waals surface area contributed by atoms with Gasteiger partial charge in [-0.1, -0.05) is 6.07 Å². The minimum atomic E-state index is -4.59. The van der Waals surface area contributed by atoms with Crippen LogP contribution in [0.4, 0.5) is 24.8 Å². The van der Waals surface area contributed by atoms with E-state index in [0.29, 0.717) is 33.9 Å². The van der Waals surface area contributed by atoms with Gasteiger partial charge in [-0.3, -0.25) is 9.69 Å². The smallest absolute Gasteiger partial charge is 0.365 e. The van der Waals surface area contributed by atoms with Crippen molar-refractivity contribution in [2.75, 3.05) is 30.4 Å². The van der Waals surface area contributed by atoms with E-state index in [0.717, 1.165) is 19.2 Å². The molecule has 2 aromatic heterocycles. The summed E-state index contributed by atoms with van der Waals surface area (Å²) in [5, 5.41) is 21.2. The summed E-state index contributed by atoms with van der Waals surface area (Å²) in [4.78, 5) is 21.4. The molecule has 0 aliphatic carbocycles. The molecule has 0 radical (unpaired) electrons. The van der Waals surface area contributed by atoms with Crippen LogP contribution in [0.5, 0.6) is 0 Å². The van der Waals surface area contributed by atoms with Gasteiger partial charge in [0.15, 0.2) is 5.82 Å². The first-order valence-corrected chi connectivity index (χ1v) is 12.5. The Bertz CT molecular complexity index is 1680. The third-order valence-corrected chi connectivity index (χ3v) is 7.19. The molecule has 1 N–H and O–H groups in total. The molecule has 0 unspecified atom stereocenters. The summed E-state index contributed by atoms with van der Waals surface area (Å²) in [5.74, 6) is 0.678. The number of rotatable bonds is 5. The number of nitrogens with one attached hydrogen (secondary N) is 1. The van der Waals surface area contributed by atoms with Crippen LogP contribution in [0.3, 0.4) is 0 Å². The number of hydrogen-bond acceptors (Lipinski definition) is 7. The van der Waals surface area contributed by atoms with Gasteiger partial charge in [-0.05, 0) is 66.2 Å². The molecule has 0 atom stereocenters. The number of alkyl halides is 3. The molecular weight excluding hydrogens is 521 g/mol. The Labute approximate surface area is 227 Å². The summed E-state index contributed by atoms with van der Waals surface area (Å²) in [5.41, 5.74) is 1.47. The molecule has 0 saturated carbocycles. The standard InChI is InChI=1S/C28H23F3N8O/c1-37-12-18(13-37)34-24-9-17(21-8-16(11-32)6-7-19(21)26-36-33-15-38(26)2)10-25(35-24)39-14-22-20(27(39)40)4-3-5-23(22)28(29,30)31/h3-10,15,18H,12-14H2,1-2H3,(H,34,35). The zero-order valence-electron chi connectivity index (χ0n) is 21.6. The van der Waals surface area contributed by atoms with Gasteiger partial charge in [-0.25, -0.2) is 4.98 Å². The van der Waals surface area contributed by atoms with E-state index in [4.69, 9.17) is 0 Å². The first kappa shape index (κ1) is 25.5. The van der Waals surface area contributed by atoms with Crippen molar-refractivity contribution in [2.45, 2.75) is 18.8 Å². The van der Waals surface area contributed by atoms with Crippen molar-refractivity contribution in [3.8, 4) is 28.6 Å². The van der Waals surface area contributed by atoms with Crippen LogP contribution in [0, 0.1) is 11.3 Å². The summed E-state index contributed by atoms with van der Waals surface area (Å²) in [6.45, 7) is 1.32. The van der Waals surface area contributed by atoms with Crippen LogP contribution in [-0.4, -0.2) is 56.7 Å². The molecule has 0 bridgehead atoms. The lowest BCUT2D eigenvalue weighted by atomic mass is 9.97. The zero-order chi connectivity index (χ0) is 28.2. The number of fused-ring (bicyclic) bond motifs is 1. The topological polar surface area (TPSA) is 103 Å². The molecular formula is C28H23F3N8O. The van der Waals surface area contributed by atoms with Gasteiger partial charge in [-0.2, -0.15) is 18.4 Å². The van der Waals surface area contributed by atoms with Crippen LogP contribution in [0.2, 0.25) is 0 Å². The number of hydrogen-bond donors (Lipinski definition) is 1. The van der Waals surface area contributed by atoms with Gasteiger partial charge >= 0.3 is 6.18 Å². The largest absolute Gasteiger partial charge is 0.416 e. The molecule has 4 aromatic rings. The number of carbonyl (C=O) groups is 1. The Morgan fingerprint density at radius 2 is 1.85 bits per heavy atom. The van der Waals surface area contributed by atoms with Crippen LogP contribution in [-0.2, 0) is 19.8 Å². The highest BCUT2D eigenvalue weighted by atomic mass is 19.4. The van der Waals surface area contributed by atoms with Crippen LogP contribution in [0.15, 0.2) is 54.9 Å². The number of nitriles is 1. The third-order valence-electron chi connectivity index (χ3n) is 7.19. The zero-order valence-corrected chi connectivity index (χ0v) is 21.6. The average molecular weight is 545 g/mol. The number of aryl methyl sites for hydroxylation is 1. The Kier molecular flexibility index (Phi) is 6.03. The number of benzene rings is 2. The van der Waals surface area contributed by atoms with Crippen molar-refractivity contribution in [2.24, 2.45) is 7.05 Å². The maximum Gasteiger partial charge on any atom is 0.416 e. The lowest BCUT2D eigenvalue weighted by Gasteiger charge is -2.37. The fraction of sp³-hybridized carbons (Fsp3) is 0.250. The molecule has 12 heteroatoms. The second-order valence-corrected chi connectivity index (χ2v) is 10.0. The molecule has 1 amide bonds. The van der Waals surface area contributed by atoms with Crippen LogP contribution in [0.25, 0.3) is 22.5 Å². The van der Waals surface area contributed by atoms with Gasteiger partial charge in [-0.15, -0.1) is 10.2 Å². The lowest BCUT2D eigenvalue weighted by molar-refractivity contribution is -0.138. The van der Waals surface area contributed by atoms with Crippen molar-refractivity contribution in [1.82, 2.24) is 24.6 Å². The molecule has 1 fully saturated rings. The Hall–Kier alpha value is -4.76. The average Bonchev–Trinajstić information content (AvgIpc) is 3.49. The maximum absolute atomic E-state index is 13.8. The summed E-state index contributed by atoms with van der Waals surface area (Å²) >= 11 is 0. The van der Waals surface area contributed by atoms with E-state index < -0.39 is 17.6 Å². The first-order chi connectivity index (χ1) is 19.1. The van der Waals surface area contributed by atoms with E-state index >= 15 is 0 Å². The number of carbonyl (C=O) groups excluding carboxylic acids is 1. The van der Waals surface area contributed by atoms with Gasteiger partial charge in [0, 0.05) is 31.3 Å². The van der Waals surface area contributed by atoms with Gasteiger partial charge in [0.1, 0.15) is 18.0 Å². The van der Waals surface area contributed by atoms with E-state index in [-0.39, 0.29) is 29.5 Å². The number of likely N-dealkylation sites (tertiary alicyclic amines) is 1. The van der Waals surface area contributed by atoms with Gasteiger partial charge in [0.2, 0.25) is 0 Å². The fourth-order valence-corrected chi connectivity index (χ4v) is 5.24. The molecule has 2 aliphatic heterocycles. The van der Waals surface area contributed by atoms with Crippen molar-refractivity contribution >= 4 is 17.5 Å². The van der Waals surface area contributed by atoms with Gasteiger partial charge in [0.25, 0.3) is 5.91 Å². The van der Waals surface area contributed by atoms with Crippen LogP contribution < -0.4 is 10.2 Å². The highest BCUT2D eigenvalue weighted by molar-refractivity contribution is 6.10. The molecule has 2 aliphatic rings. The minimum absolute atomic E-state index is 0.00315. The molecule has 9 nitrogen and oxygen atoms in total. The monoisotopic (exact) mass is 544 g/mol. The summed E-state index contributed by atoms with van der Waals surface area (Å²) in [6, 6.07) is 14.5. The molecule has 6 rings (SSSR count). The van der Waals surface area contributed by atoms with Crippen LogP contribution >= 0.6 is 0 Å². The highest BCUT2D eigenvalue weighted by Gasteiger charge is 2.40. The third kappa shape index (κ3) is 4.44. The predicted molar refractivity (Wildman–Crippen MR) is 141 cm³/mol. The second-order valence-electron chi connectivity index (χ2n) is 10.0. The number of likely N-dealkylation sites (N-methyl/N-ethyl adjacent to an activating group) is 1. The van der Waals surface area contributed by atoms with E-state index in [1.54, 1.807) is 42.2 Å².